The molecule has 0 saturated carbocycles. The largest absolute Gasteiger partial charge is 0.337 e. The average molecular weight is 345 g/mol. The van der Waals surface area contributed by atoms with E-state index in [1.165, 1.54) is 10.6 Å². The van der Waals surface area contributed by atoms with E-state index in [2.05, 4.69) is 32.7 Å². The van der Waals surface area contributed by atoms with E-state index in [0.717, 1.165) is 22.2 Å². The monoisotopic (exact) mass is 344 g/mol. The maximum Gasteiger partial charge on any atom is 0.236 e. The third-order valence-electron chi connectivity index (χ3n) is 3.74. The van der Waals surface area contributed by atoms with Crippen molar-refractivity contribution >= 4 is 40.8 Å². The van der Waals surface area contributed by atoms with Crippen LogP contribution >= 0.6 is 34.9 Å². The lowest BCUT2D eigenvalue weighted by atomic mass is 10.2. The second-order valence-corrected chi connectivity index (χ2v) is 9.24. The second kappa shape index (κ2) is 7.38. The van der Waals surface area contributed by atoms with Gasteiger partial charge in [0.15, 0.2) is 0 Å². The highest BCUT2D eigenvalue weighted by atomic mass is 32.2. The van der Waals surface area contributed by atoms with Gasteiger partial charge in [-0.25, -0.2) is 4.98 Å². The molecule has 6 heteroatoms. The van der Waals surface area contributed by atoms with Crippen LogP contribution in [0.3, 0.4) is 0 Å². The molecule has 1 aliphatic heterocycles. The number of carbonyl (C=O) groups is 1. The average Bonchev–Trinajstić information content (AvgIpc) is 2.88. The van der Waals surface area contributed by atoms with Crippen molar-refractivity contribution in [1.29, 1.82) is 0 Å². The molecule has 0 aromatic carbocycles. The quantitative estimate of drug-likeness (QED) is 0.828. The lowest BCUT2D eigenvalue weighted by Gasteiger charge is -2.30. The summed E-state index contributed by atoms with van der Waals surface area (Å²) in [4.78, 5) is 20.4. The first-order valence-electron chi connectivity index (χ1n) is 7.35. The van der Waals surface area contributed by atoms with Gasteiger partial charge in [0.05, 0.1) is 22.0 Å². The van der Waals surface area contributed by atoms with Crippen LogP contribution in [0.1, 0.15) is 48.3 Å². The van der Waals surface area contributed by atoms with Crippen molar-refractivity contribution in [1.82, 2.24) is 9.88 Å². The van der Waals surface area contributed by atoms with E-state index < -0.39 is 0 Å². The van der Waals surface area contributed by atoms with Crippen molar-refractivity contribution in [2.75, 3.05) is 24.3 Å². The maximum absolute atomic E-state index is 12.6. The Labute approximate surface area is 140 Å². The zero-order valence-electron chi connectivity index (χ0n) is 13.4. The van der Waals surface area contributed by atoms with Gasteiger partial charge in [-0.15, -0.1) is 23.1 Å². The zero-order chi connectivity index (χ0) is 15.6. The molecule has 0 radical (unpaired) electrons. The smallest absolute Gasteiger partial charge is 0.236 e. The van der Waals surface area contributed by atoms with Crippen LogP contribution < -0.4 is 0 Å². The molecule has 3 nitrogen and oxygen atoms in total. The standard InChI is InChI=1S/C15H24N2OS3/c1-9(2)14-16-10(3)13(21-14)11(4)17(5)15(18)12-8-19-6-7-20-12/h9,11-12H,6-8H2,1-5H3/t11-,12+/m0/s1. The summed E-state index contributed by atoms with van der Waals surface area (Å²) in [6.07, 6.45) is 0. The molecule has 2 atom stereocenters. The number of aryl methyl sites for hydroxylation is 1. The van der Waals surface area contributed by atoms with Gasteiger partial charge < -0.3 is 4.90 Å². The van der Waals surface area contributed by atoms with Gasteiger partial charge in [-0.1, -0.05) is 13.8 Å². The molecular weight excluding hydrogens is 320 g/mol. The number of nitrogens with zero attached hydrogens (tertiary/aromatic N) is 2. The fourth-order valence-electron chi connectivity index (χ4n) is 2.29. The van der Waals surface area contributed by atoms with E-state index >= 15 is 0 Å². The molecule has 1 aliphatic rings. The first-order valence-corrected chi connectivity index (χ1v) is 10.4. The van der Waals surface area contributed by atoms with Crippen LogP contribution in [0.4, 0.5) is 0 Å². The number of hydrogen-bond donors (Lipinski definition) is 0. The fraction of sp³-hybridized carbons (Fsp3) is 0.733. The van der Waals surface area contributed by atoms with Gasteiger partial charge in [0.2, 0.25) is 5.91 Å². The van der Waals surface area contributed by atoms with Gasteiger partial charge in [0.1, 0.15) is 0 Å². The Bertz CT molecular complexity index is 495. The lowest BCUT2D eigenvalue weighted by molar-refractivity contribution is -0.130. The highest BCUT2D eigenvalue weighted by molar-refractivity contribution is 8.07. The van der Waals surface area contributed by atoms with Gasteiger partial charge in [-0.05, 0) is 13.8 Å². The minimum atomic E-state index is 0.107. The van der Waals surface area contributed by atoms with Crippen molar-refractivity contribution in [2.24, 2.45) is 0 Å². The van der Waals surface area contributed by atoms with Gasteiger partial charge in [0, 0.05) is 35.1 Å². The Hall–Kier alpha value is -0.200. The van der Waals surface area contributed by atoms with Crippen LogP contribution in [0.2, 0.25) is 0 Å². The highest BCUT2D eigenvalue weighted by Crippen LogP contribution is 2.33. The molecule has 2 rings (SSSR count). The molecular formula is C15H24N2OS3. The van der Waals surface area contributed by atoms with Crippen molar-refractivity contribution in [3.63, 3.8) is 0 Å². The number of aromatic nitrogens is 1. The first-order chi connectivity index (χ1) is 9.91. The Morgan fingerprint density at radius 3 is 2.57 bits per heavy atom. The van der Waals surface area contributed by atoms with Crippen molar-refractivity contribution in [3.05, 3.63) is 15.6 Å². The fourth-order valence-corrected chi connectivity index (χ4v) is 6.10. The van der Waals surface area contributed by atoms with Crippen LogP contribution in [-0.4, -0.2) is 45.3 Å². The van der Waals surface area contributed by atoms with E-state index in [1.54, 1.807) is 23.1 Å². The molecule has 1 aromatic heterocycles. The minimum Gasteiger partial charge on any atom is -0.337 e. The molecule has 1 fully saturated rings. The Kier molecular flexibility index (Phi) is 6.03. The van der Waals surface area contributed by atoms with Crippen molar-refractivity contribution in [2.45, 2.75) is 44.9 Å². The maximum atomic E-state index is 12.6. The van der Waals surface area contributed by atoms with E-state index in [1.807, 2.05) is 23.7 Å². The molecule has 2 heterocycles. The van der Waals surface area contributed by atoms with Gasteiger partial charge >= 0.3 is 0 Å². The third-order valence-corrected chi connectivity index (χ3v) is 8.11. The van der Waals surface area contributed by atoms with E-state index in [-0.39, 0.29) is 17.2 Å². The molecule has 0 N–H and O–H groups in total. The highest BCUT2D eigenvalue weighted by Gasteiger charge is 2.29. The summed E-state index contributed by atoms with van der Waals surface area (Å²) in [6, 6.07) is 0.107. The third kappa shape index (κ3) is 3.96. The SMILES string of the molecule is Cc1nc(C(C)C)sc1[C@H](C)N(C)C(=O)[C@H]1CSCCS1. The predicted molar refractivity (Wildman–Crippen MR) is 95.7 cm³/mol. The zero-order valence-corrected chi connectivity index (χ0v) is 15.8. The van der Waals surface area contributed by atoms with Gasteiger partial charge in [0.25, 0.3) is 0 Å². The topological polar surface area (TPSA) is 33.2 Å². The summed E-state index contributed by atoms with van der Waals surface area (Å²) in [6.45, 7) is 8.50. The molecule has 21 heavy (non-hydrogen) atoms. The van der Waals surface area contributed by atoms with Crippen LogP contribution in [-0.2, 0) is 4.79 Å². The molecule has 1 aromatic rings. The van der Waals surface area contributed by atoms with Crippen LogP contribution in [0.15, 0.2) is 0 Å². The molecule has 1 amide bonds. The number of hydrogen-bond acceptors (Lipinski definition) is 5. The molecule has 0 aliphatic carbocycles. The second-order valence-electron chi connectivity index (χ2n) is 5.72. The number of rotatable bonds is 4. The van der Waals surface area contributed by atoms with Crippen LogP contribution in [0.5, 0.6) is 0 Å². The summed E-state index contributed by atoms with van der Waals surface area (Å²) in [5.41, 5.74) is 1.07. The summed E-state index contributed by atoms with van der Waals surface area (Å²) < 4.78 is 0. The normalized spacial score (nSPS) is 20.6. The van der Waals surface area contributed by atoms with E-state index in [0.29, 0.717) is 5.92 Å². The minimum absolute atomic E-state index is 0.107. The summed E-state index contributed by atoms with van der Waals surface area (Å²) in [5, 5.41) is 1.28. The summed E-state index contributed by atoms with van der Waals surface area (Å²) in [5.74, 6) is 3.90. The van der Waals surface area contributed by atoms with Crippen LogP contribution in [0, 0.1) is 6.92 Å². The number of thioether (sulfide) groups is 2. The van der Waals surface area contributed by atoms with Crippen LogP contribution in [0.25, 0.3) is 0 Å². The van der Waals surface area contributed by atoms with Crippen molar-refractivity contribution < 1.29 is 4.79 Å². The van der Waals surface area contributed by atoms with Gasteiger partial charge in [-0.3, -0.25) is 4.79 Å². The Balaban J connectivity index is 2.10. The first kappa shape index (κ1) is 17.2. The molecule has 0 unspecified atom stereocenters. The summed E-state index contributed by atoms with van der Waals surface area (Å²) >= 11 is 5.44. The van der Waals surface area contributed by atoms with E-state index in [9.17, 15) is 4.79 Å². The Morgan fingerprint density at radius 1 is 1.33 bits per heavy atom. The summed E-state index contributed by atoms with van der Waals surface area (Å²) in [7, 11) is 1.93. The molecule has 0 spiro atoms. The molecule has 118 valence electrons. The van der Waals surface area contributed by atoms with Gasteiger partial charge in [-0.2, -0.15) is 11.8 Å². The predicted octanol–water partition coefficient (Wildman–Crippen LogP) is 3.94. The number of carbonyl (C=O) groups excluding carboxylic acids is 1. The number of thiazole rings is 1. The lowest BCUT2D eigenvalue weighted by Crippen LogP contribution is -2.39. The van der Waals surface area contributed by atoms with E-state index in [4.69, 9.17) is 0 Å². The molecule has 0 bridgehead atoms. The van der Waals surface area contributed by atoms with Crippen molar-refractivity contribution in [3.8, 4) is 0 Å². The molecule has 1 saturated heterocycles. The number of amides is 1. The Morgan fingerprint density at radius 2 is 2.05 bits per heavy atom.